The van der Waals surface area contributed by atoms with Crippen LogP contribution in [0.1, 0.15) is 40.2 Å². The summed E-state index contributed by atoms with van der Waals surface area (Å²) >= 11 is 0. The molecular weight excluding hydrogens is 582 g/mol. The first-order valence-electron chi connectivity index (χ1n) is 14.3. The summed E-state index contributed by atoms with van der Waals surface area (Å²) in [6.45, 7) is 2.61. The summed E-state index contributed by atoms with van der Waals surface area (Å²) in [7, 11) is 0.242. The number of pyridine rings is 1. The number of nitrogens with one attached hydrogen (secondary N) is 1. The van der Waals surface area contributed by atoms with Gasteiger partial charge < -0.3 is 24.3 Å². The number of aromatic nitrogens is 2. The highest BCUT2D eigenvalue weighted by molar-refractivity contribution is 7.91. The molecular formula is C32H35N5O6S. The highest BCUT2D eigenvalue weighted by Crippen LogP contribution is 2.27. The molecule has 0 saturated carbocycles. The zero-order valence-corrected chi connectivity index (χ0v) is 25.7. The predicted molar refractivity (Wildman–Crippen MR) is 166 cm³/mol. The number of aryl methyl sites for hydroxylation is 1. The molecule has 1 aliphatic rings. The summed E-state index contributed by atoms with van der Waals surface area (Å²) < 4.78 is 38.0. The van der Waals surface area contributed by atoms with Gasteiger partial charge in [0.25, 0.3) is 5.91 Å². The molecule has 0 atom stereocenters. The monoisotopic (exact) mass is 617 g/mol. The Labute approximate surface area is 256 Å². The molecule has 1 fully saturated rings. The van der Waals surface area contributed by atoms with Crippen LogP contribution in [-0.4, -0.2) is 67.7 Å². The number of amides is 2. The Kier molecular flexibility index (Phi) is 9.29. The molecule has 0 radical (unpaired) electrons. The number of piperidine rings is 1. The molecule has 5 rings (SSSR count). The van der Waals surface area contributed by atoms with Gasteiger partial charge in [0, 0.05) is 69.0 Å². The van der Waals surface area contributed by atoms with Crippen LogP contribution >= 0.6 is 0 Å². The van der Waals surface area contributed by atoms with Crippen molar-refractivity contribution >= 4 is 27.5 Å². The van der Waals surface area contributed by atoms with E-state index in [1.54, 1.807) is 55.7 Å². The number of hydrogen-bond acceptors (Lipinski definition) is 9. The van der Waals surface area contributed by atoms with E-state index in [-0.39, 0.29) is 30.6 Å². The van der Waals surface area contributed by atoms with Gasteiger partial charge in [0.2, 0.25) is 5.89 Å². The standard InChI is InChI=1S/C32H35N5O6S/c1-22-29(35-31(42-22)25-11-9-24(10-12-25)30(38)34-20-23-6-5-15-33-19-23)21-44(40,41)28-13-16-37(17-14-28)32(39)43-27-8-4-7-26(18-27)36(2)3/h4-12,15,18-19,28H,13-14,16-17,20-21H2,1-3H3,(H,34,38). The van der Waals surface area contributed by atoms with Crippen LogP contribution in [0.25, 0.3) is 11.5 Å². The van der Waals surface area contributed by atoms with E-state index in [1.807, 2.05) is 43.3 Å². The number of benzene rings is 2. The van der Waals surface area contributed by atoms with Gasteiger partial charge >= 0.3 is 6.09 Å². The van der Waals surface area contributed by atoms with Gasteiger partial charge in [-0.3, -0.25) is 9.78 Å². The van der Waals surface area contributed by atoms with Crippen molar-refractivity contribution < 1.29 is 27.2 Å². The minimum absolute atomic E-state index is 0.228. The van der Waals surface area contributed by atoms with Crippen LogP contribution in [-0.2, 0) is 22.1 Å². The minimum atomic E-state index is -3.56. The molecule has 0 unspecified atom stereocenters. The molecule has 11 nitrogen and oxygen atoms in total. The molecule has 3 heterocycles. The number of carbonyl (C=O) groups excluding carboxylic acids is 2. The first kappa shape index (κ1) is 30.7. The third-order valence-electron chi connectivity index (χ3n) is 7.55. The number of ether oxygens (including phenoxy) is 1. The first-order chi connectivity index (χ1) is 21.1. The van der Waals surface area contributed by atoms with Crippen LogP contribution in [0.15, 0.2) is 77.5 Å². The van der Waals surface area contributed by atoms with Gasteiger partial charge in [-0.1, -0.05) is 12.1 Å². The Hall–Kier alpha value is -4.71. The summed E-state index contributed by atoms with van der Waals surface area (Å²) in [6.07, 6.45) is 3.49. The zero-order valence-electron chi connectivity index (χ0n) is 24.9. The average molecular weight is 618 g/mol. The largest absolute Gasteiger partial charge is 0.441 e. The zero-order chi connectivity index (χ0) is 31.3. The number of hydrogen-bond donors (Lipinski definition) is 1. The van der Waals surface area contributed by atoms with Crippen LogP contribution < -0.4 is 15.0 Å². The molecule has 0 aliphatic carbocycles. The fourth-order valence-electron chi connectivity index (χ4n) is 4.93. The van der Waals surface area contributed by atoms with Crippen molar-refractivity contribution in [2.45, 2.75) is 37.3 Å². The number of anilines is 1. The van der Waals surface area contributed by atoms with Crippen molar-refractivity contribution in [3.8, 4) is 17.2 Å². The highest BCUT2D eigenvalue weighted by atomic mass is 32.2. The van der Waals surface area contributed by atoms with Crippen LogP contribution in [0.2, 0.25) is 0 Å². The highest BCUT2D eigenvalue weighted by Gasteiger charge is 2.33. The first-order valence-corrected chi connectivity index (χ1v) is 16.0. The third-order valence-corrected chi connectivity index (χ3v) is 9.71. The predicted octanol–water partition coefficient (Wildman–Crippen LogP) is 4.62. The van der Waals surface area contributed by atoms with Gasteiger partial charge in [0.15, 0.2) is 9.84 Å². The van der Waals surface area contributed by atoms with Gasteiger partial charge in [0.05, 0.1) is 16.7 Å². The van der Waals surface area contributed by atoms with Crippen LogP contribution in [0, 0.1) is 6.92 Å². The molecule has 1 saturated heterocycles. The Morgan fingerprint density at radius 2 is 1.82 bits per heavy atom. The summed E-state index contributed by atoms with van der Waals surface area (Å²) in [5.74, 6) is 0.651. The quantitative estimate of drug-likeness (QED) is 0.285. The molecule has 230 valence electrons. The number of likely N-dealkylation sites (tertiary alicyclic amines) is 1. The summed E-state index contributed by atoms with van der Waals surface area (Å²) in [5, 5.41) is 2.25. The van der Waals surface area contributed by atoms with Crippen molar-refractivity contribution in [1.82, 2.24) is 20.2 Å². The van der Waals surface area contributed by atoms with Gasteiger partial charge in [-0.2, -0.15) is 0 Å². The Morgan fingerprint density at radius 1 is 1.07 bits per heavy atom. The second kappa shape index (κ2) is 13.3. The maximum atomic E-state index is 13.3. The minimum Gasteiger partial charge on any atom is -0.441 e. The lowest BCUT2D eigenvalue weighted by Gasteiger charge is -2.31. The fraction of sp³-hybridized carbons (Fsp3) is 0.312. The fourth-order valence-corrected chi connectivity index (χ4v) is 6.75. The van der Waals surface area contributed by atoms with Crippen molar-refractivity contribution in [3.05, 3.63) is 95.6 Å². The van der Waals surface area contributed by atoms with E-state index in [0.29, 0.717) is 47.7 Å². The lowest BCUT2D eigenvalue weighted by molar-refractivity contribution is 0.0950. The van der Waals surface area contributed by atoms with Crippen molar-refractivity contribution in [2.75, 3.05) is 32.1 Å². The molecule has 44 heavy (non-hydrogen) atoms. The Balaban J connectivity index is 1.15. The maximum absolute atomic E-state index is 13.3. The van der Waals surface area contributed by atoms with Crippen LogP contribution in [0.4, 0.5) is 10.5 Å². The van der Waals surface area contributed by atoms with Crippen LogP contribution in [0.3, 0.4) is 0 Å². The van der Waals surface area contributed by atoms with E-state index in [4.69, 9.17) is 9.15 Å². The van der Waals surface area contributed by atoms with Crippen molar-refractivity contribution in [2.24, 2.45) is 0 Å². The van der Waals surface area contributed by atoms with E-state index in [1.165, 1.54) is 4.90 Å². The number of sulfone groups is 1. The third kappa shape index (κ3) is 7.43. The Morgan fingerprint density at radius 3 is 2.50 bits per heavy atom. The molecule has 0 bridgehead atoms. The second-order valence-corrected chi connectivity index (χ2v) is 13.2. The molecule has 4 aromatic rings. The van der Waals surface area contributed by atoms with Crippen molar-refractivity contribution in [3.63, 3.8) is 0 Å². The maximum Gasteiger partial charge on any atom is 0.415 e. The topological polar surface area (TPSA) is 135 Å². The number of nitrogens with zero attached hydrogens (tertiary/aromatic N) is 4. The van der Waals surface area contributed by atoms with Crippen molar-refractivity contribution in [1.29, 1.82) is 0 Å². The smallest absolute Gasteiger partial charge is 0.415 e. The van der Waals surface area contributed by atoms with E-state index in [9.17, 15) is 18.0 Å². The molecule has 1 aliphatic heterocycles. The van der Waals surface area contributed by atoms with Crippen LogP contribution in [0.5, 0.6) is 5.75 Å². The van der Waals surface area contributed by atoms with Gasteiger partial charge in [-0.25, -0.2) is 18.2 Å². The van der Waals surface area contributed by atoms with Gasteiger partial charge in [0.1, 0.15) is 11.5 Å². The molecule has 2 amide bonds. The normalized spacial score (nSPS) is 13.8. The second-order valence-electron chi connectivity index (χ2n) is 10.9. The van der Waals surface area contributed by atoms with E-state index < -0.39 is 21.2 Å². The number of rotatable bonds is 9. The summed E-state index contributed by atoms with van der Waals surface area (Å²) in [6, 6.07) is 17.7. The lowest BCUT2D eigenvalue weighted by Crippen LogP contribution is -2.44. The summed E-state index contributed by atoms with van der Waals surface area (Å²) in [4.78, 5) is 37.2. The number of oxazole rings is 1. The van der Waals surface area contributed by atoms with E-state index >= 15 is 0 Å². The molecule has 2 aromatic heterocycles. The molecule has 2 aromatic carbocycles. The average Bonchev–Trinajstić information content (AvgIpc) is 3.39. The molecule has 1 N–H and O–H groups in total. The Bertz CT molecular complexity index is 1710. The van der Waals surface area contributed by atoms with Gasteiger partial charge in [-0.15, -0.1) is 0 Å². The molecule has 0 spiro atoms. The van der Waals surface area contributed by atoms with E-state index in [0.717, 1.165) is 11.3 Å². The number of carbonyl (C=O) groups is 2. The SMILES string of the molecule is Cc1oc(-c2ccc(C(=O)NCc3cccnc3)cc2)nc1CS(=O)(=O)C1CCN(C(=O)Oc2cccc(N(C)C)c2)CC1. The lowest BCUT2D eigenvalue weighted by atomic mass is 10.1. The van der Waals surface area contributed by atoms with Gasteiger partial charge in [-0.05, 0) is 67.8 Å². The summed E-state index contributed by atoms with van der Waals surface area (Å²) in [5.41, 5.74) is 3.25. The van der Waals surface area contributed by atoms with E-state index in [2.05, 4.69) is 15.3 Å². The molecule has 12 heteroatoms.